The first-order valence-electron chi connectivity index (χ1n) is 3.97. The Morgan fingerprint density at radius 3 is 2.67 bits per heavy atom. The first-order valence-corrected chi connectivity index (χ1v) is 4.35. The molecule has 0 aliphatic rings. The summed E-state index contributed by atoms with van der Waals surface area (Å²) in [4.78, 5) is 3.70. The summed E-state index contributed by atoms with van der Waals surface area (Å²) in [5.41, 5.74) is -0.676. The molecule has 2 heterocycles. The van der Waals surface area contributed by atoms with Crippen molar-refractivity contribution < 1.29 is 13.2 Å². The molecule has 2 rings (SSSR count). The van der Waals surface area contributed by atoms with Crippen LogP contribution in [0.2, 0.25) is 5.15 Å². The van der Waals surface area contributed by atoms with E-state index in [2.05, 4.69) is 10.1 Å². The lowest BCUT2D eigenvalue weighted by atomic mass is 10.2. The lowest BCUT2D eigenvalue weighted by Crippen LogP contribution is -2.06. The van der Waals surface area contributed by atoms with E-state index >= 15 is 0 Å². The Balaban J connectivity index is 2.88. The largest absolute Gasteiger partial charge is 0.418 e. The van der Waals surface area contributed by atoms with Crippen molar-refractivity contribution in [1.82, 2.24) is 14.6 Å². The highest BCUT2D eigenvalue weighted by atomic mass is 35.5. The molecule has 0 radical (unpaired) electrons. The quantitative estimate of drug-likeness (QED) is 0.703. The third-order valence-electron chi connectivity index (χ3n) is 2.00. The molecular weight excluding hydrogens is 231 g/mol. The fourth-order valence-electron chi connectivity index (χ4n) is 1.37. The summed E-state index contributed by atoms with van der Waals surface area (Å²) >= 11 is 5.63. The Morgan fingerprint density at radius 1 is 1.40 bits per heavy atom. The average Bonchev–Trinajstić information content (AvgIpc) is 2.45. The summed E-state index contributed by atoms with van der Waals surface area (Å²) < 4.78 is 38.8. The van der Waals surface area contributed by atoms with Crippen LogP contribution in [0.5, 0.6) is 0 Å². The summed E-state index contributed by atoms with van der Waals surface area (Å²) in [5, 5.41) is 3.57. The van der Waals surface area contributed by atoms with Gasteiger partial charge in [-0.25, -0.2) is 9.50 Å². The van der Waals surface area contributed by atoms with Gasteiger partial charge in [-0.1, -0.05) is 11.6 Å². The van der Waals surface area contributed by atoms with Gasteiger partial charge in [0.05, 0.1) is 16.8 Å². The van der Waals surface area contributed by atoms with E-state index in [1.807, 2.05) is 0 Å². The SMILES string of the molecule is Cc1ncnn2c(Cl)cc(C(F)(F)F)c12. The van der Waals surface area contributed by atoms with E-state index in [9.17, 15) is 13.2 Å². The standard InChI is InChI=1S/C8H5ClF3N3/c1-4-7-5(8(10,11)12)2-6(9)15(7)14-3-13-4/h2-3H,1H3. The Morgan fingerprint density at radius 2 is 2.07 bits per heavy atom. The Bertz CT molecular complexity index is 518. The Hall–Kier alpha value is -1.30. The van der Waals surface area contributed by atoms with Gasteiger partial charge in [-0.3, -0.25) is 0 Å². The van der Waals surface area contributed by atoms with Crippen LogP contribution in [-0.4, -0.2) is 14.6 Å². The van der Waals surface area contributed by atoms with Crippen molar-refractivity contribution in [3.05, 3.63) is 28.8 Å². The third kappa shape index (κ3) is 1.54. The second-order valence-electron chi connectivity index (χ2n) is 2.98. The highest BCUT2D eigenvalue weighted by Crippen LogP contribution is 2.36. The second-order valence-corrected chi connectivity index (χ2v) is 3.37. The maximum Gasteiger partial charge on any atom is 0.418 e. The fourth-order valence-corrected chi connectivity index (χ4v) is 1.61. The molecular formula is C8H5ClF3N3. The third-order valence-corrected chi connectivity index (χ3v) is 2.27. The van der Waals surface area contributed by atoms with Crippen LogP contribution in [0.25, 0.3) is 5.52 Å². The molecule has 0 bridgehead atoms. The molecule has 0 aromatic carbocycles. The van der Waals surface area contributed by atoms with Gasteiger partial charge in [0.15, 0.2) is 0 Å². The van der Waals surface area contributed by atoms with Gasteiger partial charge in [-0.05, 0) is 13.0 Å². The summed E-state index contributed by atoms with van der Waals surface area (Å²) in [6.45, 7) is 1.47. The molecule has 0 saturated heterocycles. The molecule has 2 aromatic rings. The minimum Gasteiger partial charge on any atom is -0.238 e. The van der Waals surface area contributed by atoms with Crippen LogP contribution in [0.15, 0.2) is 12.4 Å². The summed E-state index contributed by atoms with van der Waals surface area (Å²) in [6, 6.07) is 0.846. The van der Waals surface area contributed by atoms with Crippen molar-refractivity contribution >= 4 is 17.1 Å². The lowest BCUT2D eigenvalue weighted by Gasteiger charge is -2.05. The topological polar surface area (TPSA) is 30.2 Å². The molecule has 0 saturated carbocycles. The predicted octanol–water partition coefficient (Wildman–Crippen LogP) is 2.71. The maximum atomic E-state index is 12.6. The molecule has 80 valence electrons. The number of fused-ring (bicyclic) bond motifs is 1. The van der Waals surface area contributed by atoms with Gasteiger partial charge in [0.25, 0.3) is 0 Å². The minimum absolute atomic E-state index is 0.0807. The average molecular weight is 236 g/mol. The molecule has 0 aliphatic carbocycles. The number of alkyl halides is 3. The molecule has 0 N–H and O–H groups in total. The highest BCUT2D eigenvalue weighted by Gasteiger charge is 2.35. The zero-order valence-corrected chi connectivity index (χ0v) is 8.26. The van der Waals surface area contributed by atoms with Crippen LogP contribution >= 0.6 is 11.6 Å². The molecule has 7 heteroatoms. The van der Waals surface area contributed by atoms with Gasteiger partial charge < -0.3 is 0 Å². The molecule has 0 fully saturated rings. The Kier molecular flexibility index (Phi) is 2.11. The van der Waals surface area contributed by atoms with Crippen molar-refractivity contribution in [1.29, 1.82) is 0 Å². The molecule has 0 aliphatic heterocycles. The van der Waals surface area contributed by atoms with E-state index in [0.29, 0.717) is 0 Å². The number of aryl methyl sites for hydroxylation is 1. The van der Waals surface area contributed by atoms with Crippen LogP contribution in [0.3, 0.4) is 0 Å². The zero-order valence-electron chi connectivity index (χ0n) is 7.51. The number of hydrogen-bond donors (Lipinski definition) is 0. The van der Waals surface area contributed by atoms with Gasteiger partial charge in [0.2, 0.25) is 0 Å². The van der Waals surface area contributed by atoms with Gasteiger partial charge in [0, 0.05) is 0 Å². The van der Waals surface area contributed by atoms with Crippen molar-refractivity contribution in [2.75, 3.05) is 0 Å². The normalized spacial score (nSPS) is 12.3. The monoisotopic (exact) mass is 235 g/mol. The van der Waals surface area contributed by atoms with Crippen LogP contribution in [0.1, 0.15) is 11.3 Å². The molecule has 0 unspecified atom stereocenters. The van der Waals surface area contributed by atoms with E-state index in [1.54, 1.807) is 0 Å². The van der Waals surface area contributed by atoms with Crippen molar-refractivity contribution in [2.24, 2.45) is 0 Å². The molecule has 0 amide bonds. The number of nitrogens with zero attached hydrogens (tertiary/aromatic N) is 3. The fraction of sp³-hybridized carbons (Fsp3) is 0.250. The van der Waals surface area contributed by atoms with Crippen LogP contribution in [0, 0.1) is 6.92 Å². The van der Waals surface area contributed by atoms with Crippen LogP contribution in [-0.2, 0) is 6.18 Å². The van der Waals surface area contributed by atoms with Gasteiger partial charge in [-0.15, -0.1) is 0 Å². The van der Waals surface area contributed by atoms with Crippen molar-refractivity contribution in [3.8, 4) is 0 Å². The van der Waals surface area contributed by atoms with Gasteiger partial charge in [-0.2, -0.15) is 18.3 Å². The molecule has 2 aromatic heterocycles. The molecule has 0 atom stereocenters. The first-order chi connectivity index (χ1) is 6.91. The molecule has 0 spiro atoms. The number of rotatable bonds is 0. The van der Waals surface area contributed by atoms with E-state index in [1.165, 1.54) is 6.92 Å². The van der Waals surface area contributed by atoms with E-state index in [-0.39, 0.29) is 16.4 Å². The number of hydrogen-bond acceptors (Lipinski definition) is 2. The van der Waals surface area contributed by atoms with Crippen LogP contribution in [0.4, 0.5) is 13.2 Å². The predicted molar refractivity (Wildman–Crippen MR) is 47.7 cm³/mol. The zero-order chi connectivity index (χ0) is 11.2. The van der Waals surface area contributed by atoms with E-state index in [4.69, 9.17) is 11.6 Å². The lowest BCUT2D eigenvalue weighted by molar-refractivity contribution is -0.136. The van der Waals surface area contributed by atoms with Crippen molar-refractivity contribution in [2.45, 2.75) is 13.1 Å². The van der Waals surface area contributed by atoms with Crippen molar-refractivity contribution in [3.63, 3.8) is 0 Å². The molecule has 3 nitrogen and oxygen atoms in total. The smallest absolute Gasteiger partial charge is 0.238 e. The van der Waals surface area contributed by atoms with Crippen LogP contribution < -0.4 is 0 Å². The van der Waals surface area contributed by atoms with E-state index < -0.39 is 11.7 Å². The highest BCUT2D eigenvalue weighted by molar-refractivity contribution is 6.30. The van der Waals surface area contributed by atoms with Gasteiger partial charge in [0.1, 0.15) is 11.5 Å². The van der Waals surface area contributed by atoms with E-state index in [0.717, 1.165) is 16.9 Å². The Labute approximate surface area is 87.5 Å². The summed E-state index contributed by atoms with van der Waals surface area (Å²) in [6.07, 6.45) is -3.29. The summed E-state index contributed by atoms with van der Waals surface area (Å²) in [7, 11) is 0. The number of aromatic nitrogens is 3. The van der Waals surface area contributed by atoms with Gasteiger partial charge >= 0.3 is 6.18 Å². The summed E-state index contributed by atoms with van der Waals surface area (Å²) in [5.74, 6) is 0. The molecule has 15 heavy (non-hydrogen) atoms. The number of halogens is 4. The second kappa shape index (κ2) is 3.10. The maximum absolute atomic E-state index is 12.6. The minimum atomic E-state index is -4.45. The first kappa shape index (κ1) is 10.2.